The van der Waals surface area contributed by atoms with Crippen molar-refractivity contribution in [2.75, 3.05) is 20.2 Å². The number of hydrogen-bond acceptors (Lipinski definition) is 3. The molecule has 2 atom stereocenters. The highest BCUT2D eigenvalue weighted by Crippen LogP contribution is 2.54. The van der Waals surface area contributed by atoms with Gasteiger partial charge in [-0.1, -0.05) is 12.8 Å². The molecule has 0 saturated heterocycles. The van der Waals surface area contributed by atoms with Gasteiger partial charge in [0.25, 0.3) is 0 Å². The van der Waals surface area contributed by atoms with Crippen molar-refractivity contribution in [1.82, 2.24) is 20.4 Å². The molecule has 6 nitrogen and oxygen atoms in total. The Hall–Kier alpha value is -1.56. The summed E-state index contributed by atoms with van der Waals surface area (Å²) in [6.07, 6.45) is 10.7. The quantitative estimate of drug-likeness (QED) is 0.618. The van der Waals surface area contributed by atoms with Gasteiger partial charge in [-0.05, 0) is 38.7 Å². The van der Waals surface area contributed by atoms with Crippen LogP contribution in [-0.2, 0) is 11.3 Å². The normalized spacial score (nSPS) is 25.7. The van der Waals surface area contributed by atoms with E-state index in [-0.39, 0.29) is 0 Å². The van der Waals surface area contributed by atoms with Gasteiger partial charge in [-0.2, -0.15) is 5.10 Å². The summed E-state index contributed by atoms with van der Waals surface area (Å²) < 4.78 is 7.95. The Morgan fingerprint density at radius 3 is 2.88 bits per heavy atom. The molecule has 0 aliphatic heterocycles. The van der Waals surface area contributed by atoms with Gasteiger partial charge in [-0.3, -0.25) is 9.67 Å². The van der Waals surface area contributed by atoms with Crippen LogP contribution in [-0.4, -0.2) is 48.1 Å². The van der Waals surface area contributed by atoms with Gasteiger partial charge in [0, 0.05) is 37.9 Å². The molecule has 2 saturated carbocycles. The predicted molar refractivity (Wildman–Crippen MR) is 96.2 cm³/mol. The second-order valence-corrected chi connectivity index (χ2v) is 7.10. The van der Waals surface area contributed by atoms with E-state index in [1.807, 2.05) is 17.9 Å². The van der Waals surface area contributed by atoms with Crippen molar-refractivity contribution in [1.29, 1.82) is 0 Å². The summed E-state index contributed by atoms with van der Waals surface area (Å²) in [6.45, 7) is 6.63. The molecule has 134 valence electrons. The van der Waals surface area contributed by atoms with Gasteiger partial charge < -0.3 is 15.4 Å². The standard InChI is InChI=1S/C18H31N5O/c1-4-24-16-11-15(18(16)7-5-6-8-18)22-17(19-3)20-9-10-23-13-14(2)12-21-23/h12-13,15-16H,4-11H2,1-3H3,(H2,19,20,22). The van der Waals surface area contributed by atoms with Crippen molar-refractivity contribution in [2.24, 2.45) is 10.4 Å². The van der Waals surface area contributed by atoms with Gasteiger partial charge in [0.1, 0.15) is 0 Å². The first-order valence-corrected chi connectivity index (χ1v) is 9.26. The van der Waals surface area contributed by atoms with Crippen molar-refractivity contribution in [3.05, 3.63) is 18.0 Å². The summed E-state index contributed by atoms with van der Waals surface area (Å²) in [5.74, 6) is 0.894. The Labute approximate surface area is 145 Å². The van der Waals surface area contributed by atoms with Crippen LogP contribution in [0.3, 0.4) is 0 Å². The second-order valence-electron chi connectivity index (χ2n) is 7.10. The lowest BCUT2D eigenvalue weighted by Crippen LogP contribution is -2.65. The molecule has 0 aromatic carbocycles. The Morgan fingerprint density at radius 1 is 1.46 bits per heavy atom. The molecule has 1 aromatic rings. The zero-order valence-electron chi connectivity index (χ0n) is 15.2. The number of hydrogen-bond donors (Lipinski definition) is 2. The molecule has 0 radical (unpaired) electrons. The zero-order valence-corrected chi connectivity index (χ0v) is 15.2. The number of rotatable bonds is 6. The molecule has 24 heavy (non-hydrogen) atoms. The topological polar surface area (TPSA) is 63.5 Å². The lowest BCUT2D eigenvalue weighted by atomic mass is 9.60. The lowest BCUT2D eigenvalue weighted by Gasteiger charge is -2.54. The predicted octanol–water partition coefficient (Wildman–Crippen LogP) is 2.09. The van der Waals surface area contributed by atoms with Crippen LogP contribution >= 0.6 is 0 Å². The first kappa shape index (κ1) is 17.3. The highest BCUT2D eigenvalue weighted by atomic mass is 16.5. The van der Waals surface area contributed by atoms with Gasteiger partial charge in [-0.25, -0.2) is 0 Å². The number of aryl methyl sites for hydroxylation is 1. The van der Waals surface area contributed by atoms with Crippen LogP contribution in [0.15, 0.2) is 17.4 Å². The fourth-order valence-electron chi connectivity index (χ4n) is 4.33. The third kappa shape index (κ3) is 3.43. The third-order valence-corrected chi connectivity index (χ3v) is 5.62. The average molecular weight is 333 g/mol. The Bertz CT molecular complexity index is 562. The maximum absolute atomic E-state index is 5.99. The van der Waals surface area contributed by atoms with Crippen LogP contribution in [0.5, 0.6) is 0 Å². The summed E-state index contributed by atoms with van der Waals surface area (Å²) in [7, 11) is 1.84. The summed E-state index contributed by atoms with van der Waals surface area (Å²) in [6, 6.07) is 0.481. The van der Waals surface area contributed by atoms with E-state index in [0.717, 1.165) is 32.1 Å². The maximum atomic E-state index is 5.99. The van der Waals surface area contributed by atoms with Gasteiger partial charge in [0.15, 0.2) is 5.96 Å². The average Bonchev–Trinajstić information content (AvgIpc) is 3.23. The molecule has 0 bridgehead atoms. The molecule has 1 spiro atoms. The van der Waals surface area contributed by atoms with Crippen LogP contribution in [0.4, 0.5) is 0 Å². The highest BCUT2D eigenvalue weighted by Gasteiger charge is 2.56. The molecule has 2 fully saturated rings. The molecule has 2 N–H and O–H groups in total. The summed E-state index contributed by atoms with van der Waals surface area (Å²) >= 11 is 0. The molecule has 3 rings (SSSR count). The van der Waals surface area contributed by atoms with Crippen molar-refractivity contribution in [3.63, 3.8) is 0 Å². The minimum absolute atomic E-state index is 0.326. The summed E-state index contributed by atoms with van der Waals surface area (Å²) in [4.78, 5) is 4.40. The molecule has 2 unspecified atom stereocenters. The van der Waals surface area contributed by atoms with E-state index in [0.29, 0.717) is 17.6 Å². The zero-order chi connectivity index (χ0) is 17.0. The van der Waals surface area contributed by atoms with E-state index in [1.54, 1.807) is 0 Å². The number of guanidine groups is 1. The van der Waals surface area contributed by atoms with Crippen molar-refractivity contribution in [2.45, 2.75) is 64.6 Å². The molecule has 2 aliphatic carbocycles. The molecule has 0 amide bonds. The summed E-state index contributed by atoms with van der Waals surface area (Å²) in [5, 5.41) is 11.4. The molecular weight excluding hydrogens is 302 g/mol. The van der Waals surface area contributed by atoms with Crippen molar-refractivity contribution >= 4 is 5.96 Å². The number of nitrogens with one attached hydrogen (secondary N) is 2. The first-order valence-electron chi connectivity index (χ1n) is 9.26. The van der Waals surface area contributed by atoms with E-state index < -0.39 is 0 Å². The monoisotopic (exact) mass is 333 g/mol. The Morgan fingerprint density at radius 2 is 2.25 bits per heavy atom. The fraction of sp³-hybridized carbons (Fsp3) is 0.778. The third-order valence-electron chi connectivity index (χ3n) is 5.62. The largest absolute Gasteiger partial charge is 0.378 e. The molecular formula is C18H31N5O. The van der Waals surface area contributed by atoms with E-state index >= 15 is 0 Å². The molecule has 1 aromatic heterocycles. The maximum Gasteiger partial charge on any atom is 0.191 e. The van der Waals surface area contributed by atoms with Gasteiger partial charge in [0.2, 0.25) is 0 Å². The smallest absolute Gasteiger partial charge is 0.191 e. The van der Waals surface area contributed by atoms with Crippen LogP contribution in [0.25, 0.3) is 0 Å². The minimum Gasteiger partial charge on any atom is -0.378 e. The lowest BCUT2D eigenvalue weighted by molar-refractivity contribution is -0.125. The van der Waals surface area contributed by atoms with E-state index in [2.05, 4.69) is 40.8 Å². The van der Waals surface area contributed by atoms with Crippen molar-refractivity contribution < 1.29 is 4.74 Å². The van der Waals surface area contributed by atoms with Gasteiger partial charge >= 0.3 is 0 Å². The van der Waals surface area contributed by atoms with Crippen LogP contribution in [0.1, 0.15) is 44.6 Å². The molecule has 6 heteroatoms. The van der Waals surface area contributed by atoms with Gasteiger partial charge in [-0.15, -0.1) is 0 Å². The molecule has 1 heterocycles. The van der Waals surface area contributed by atoms with E-state index in [1.165, 1.54) is 31.2 Å². The van der Waals surface area contributed by atoms with Crippen LogP contribution in [0, 0.1) is 12.3 Å². The Balaban J connectivity index is 1.50. The molecule has 2 aliphatic rings. The number of aromatic nitrogens is 2. The van der Waals surface area contributed by atoms with E-state index in [4.69, 9.17) is 4.74 Å². The highest BCUT2D eigenvalue weighted by molar-refractivity contribution is 5.80. The fourth-order valence-corrected chi connectivity index (χ4v) is 4.33. The SMILES string of the molecule is CCOC1CC(NC(=NC)NCCn2cc(C)cn2)C12CCCC2. The number of ether oxygens (including phenoxy) is 1. The van der Waals surface area contributed by atoms with Gasteiger partial charge in [0.05, 0.1) is 18.8 Å². The Kier molecular flexibility index (Phi) is 5.43. The summed E-state index contributed by atoms with van der Waals surface area (Å²) in [5.41, 5.74) is 1.52. The second kappa shape index (κ2) is 7.55. The van der Waals surface area contributed by atoms with Crippen LogP contribution in [0.2, 0.25) is 0 Å². The van der Waals surface area contributed by atoms with E-state index in [9.17, 15) is 0 Å². The van der Waals surface area contributed by atoms with Crippen molar-refractivity contribution in [3.8, 4) is 0 Å². The first-order chi connectivity index (χ1) is 11.7. The minimum atomic E-state index is 0.326. The number of nitrogens with zero attached hydrogens (tertiary/aromatic N) is 3. The number of aliphatic imine (C=N–C) groups is 1. The van der Waals surface area contributed by atoms with Crippen LogP contribution < -0.4 is 10.6 Å².